The maximum absolute atomic E-state index is 11.4. The molecule has 1 atom stereocenters. The number of methoxy groups -OCH3 is 1. The van der Waals surface area contributed by atoms with Gasteiger partial charge in [-0.25, -0.2) is 4.79 Å². The number of ether oxygens (including phenoxy) is 2. The average Bonchev–Trinajstić information content (AvgIpc) is 2.45. The van der Waals surface area contributed by atoms with E-state index in [0.29, 0.717) is 6.61 Å². The van der Waals surface area contributed by atoms with Crippen LogP contribution in [0.5, 0.6) is 0 Å². The fourth-order valence-electron chi connectivity index (χ4n) is 1.80. The molecule has 7 nitrogen and oxygen atoms in total. The summed E-state index contributed by atoms with van der Waals surface area (Å²) in [6, 6.07) is 0. The van der Waals surface area contributed by atoms with Crippen LogP contribution in [0.25, 0.3) is 0 Å². The van der Waals surface area contributed by atoms with E-state index in [1.165, 1.54) is 7.11 Å². The summed E-state index contributed by atoms with van der Waals surface area (Å²) in [5.41, 5.74) is 0. The Hall–Kier alpha value is -1.18. The Balaban J connectivity index is 2.05. The molecule has 1 aliphatic rings. The zero-order valence-electron chi connectivity index (χ0n) is 11.2. The molecule has 0 bridgehead atoms. The Morgan fingerprint density at radius 1 is 1.42 bits per heavy atom. The minimum atomic E-state index is -1.32. The third-order valence-electron chi connectivity index (χ3n) is 2.93. The largest absolute Gasteiger partial charge is 0.467 e. The molecule has 1 amide bonds. The number of aliphatic hydroxyl groups is 1. The lowest BCUT2D eigenvalue weighted by molar-refractivity contribution is -0.150. The van der Waals surface area contributed by atoms with Gasteiger partial charge < -0.3 is 25.2 Å². The molecule has 1 heterocycles. The van der Waals surface area contributed by atoms with Crippen LogP contribution >= 0.6 is 0 Å². The summed E-state index contributed by atoms with van der Waals surface area (Å²) in [6.45, 7) is 2.11. The summed E-state index contributed by atoms with van der Waals surface area (Å²) < 4.78 is 9.91. The van der Waals surface area contributed by atoms with Crippen LogP contribution in [-0.4, -0.2) is 62.5 Å². The minimum Gasteiger partial charge on any atom is -0.467 e. The molecule has 1 saturated heterocycles. The summed E-state index contributed by atoms with van der Waals surface area (Å²) in [6.07, 6.45) is 1.04. The predicted molar refractivity (Wildman–Crippen MR) is 67.5 cm³/mol. The molecule has 0 saturated carbocycles. The first-order valence-electron chi connectivity index (χ1n) is 6.48. The first-order chi connectivity index (χ1) is 9.13. The third kappa shape index (κ3) is 6.51. The van der Waals surface area contributed by atoms with Gasteiger partial charge in [-0.3, -0.25) is 4.79 Å². The molecule has 1 aliphatic heterocycles. The molecule has 0 radical (unpaired) electrons. The molecule has 0 spiro atoms. The van der Waals surface area contributed by atoms with Crippen LogP contribution in [0.2, 0.25) is 0 Å². The number of amides is 1. The van der Waals surface area contributed by atoms with Crippen LogP contribution < -0.4 is 10.6 Å². The van der Waals surface area contributed by atoms with Gasteiger partial charge in [-0.15, -0.1) is 0 Å². The summed E-state index contributed by atoms with van der Waals surface area (Å²) in [4.78, 5) is 22.3. The van der Waals surface area contributed by atoms with Crippen LogP contribution in [0.1, 0.15) is 19.3 Å². The third-order valence-corrected chi connectivity index (χ3v) is 2.93. The average molecular weight is 274 g/mol. The fraction of sp³-hybridized carbons (Fsp3) is 0.833. The van der Waals surface area contributed by atoms with Gasteiger partial charge in [0.05, 0.1) is 26.4 Å². The van der Waals surface area contributed by atoms with Crippen molar-refractivity contribution in [1.82, 2.24) is 10.6 Å². The Labute approximate surface area is 112 Å². The van der Waals surface area contributed by atoms with E-state index in [4.69, 9.17) is 4.74 Å². The van der Waals surface area contributed by atoms with Gasteiger partial charge in [0.25, 0.3) is 0 Å². The van der Waals surface area contributed by atoms with Crippen molar-refractivity contribution in [2.45, 2.75) is 31.5 Å². The molecule has 7 heteroatoms. The first-order valence-corrected chi connectivity index (χ1v) is 6.48. The van der Waals surface area contributed by atoms with Gasteiger partial charge in [0.1, 0.15) is 0 Å². The van der Waals surface area contributed by atoms with Gasteiger partial charge in [0.2, 0.25) is 5.91 Å². The molecule has 0 aliphatic carbocycles. The second-order valence-corrected chi connectivity index (χ2v) is 4.41. The maximum Gasteiger partial charge on any atom is 0.336 e. The van der Waals surface area contributed by atoms with E-state index in [0.717, 1.165) is 25.9 Å². The molecular formula is C12H22N2O5. The van der Waals surface area contributed by atoms with Gasteiger partial charge in [-0.1, -0.05) is 0 Å². The number of piperidine rings is 1. The Bertz CT molecular complexity index is 292. The summed E-state index contributed by atoms with van der Waals surface area (Å²) in [5, 5.41) is 15.0. The van der Waals surface area contributed by atoms with Crippen molar-refractivity contribution in [3.8, 4) is 0 Å². The number of hydrogen-bond acceptors (Lipinski definition) is 6. The smallest absolute Gasteiger partial charge is 0.336 e. The number of nitrogens with one attached hydrogen (secondary N) is 2. The molecule has 1 fully saturated rings. The number of carbonyl (C=O) groups excluding carboxylic acids is 2. The van der Waals surface area contributed by atoms with Crippen LogP contribution in [0.4, 0.5) is 0 Å². The van der Waals surface area contributed by atoms with Gasteiger partial charge >= 0.3 is 5.97 Å². The highest BCUT2D eigenvalue weighted by Gasteiger charge is 2.17. The topological polar surface area (TPSA) is 96.9 Å². The summed E-state index contributed by atoms with van der Waals surface area (Å²) in [5.74, 6) is -1.01. The molecule has 110 valence electrons. The number of carbonyl (C=O) groups is 2. The van der Waals surface area contributed by atoms with E-state index in [2.05, 4.69) is 15.4 Å². The lowest BCUT2D eigenvalue weighted by atomic mass is 10.1. The van der Waals surface area contributed by atoms with E-state index in [1.807, 2.05) is 0 Å². The van der Waals surface area contributed by atoms with Crippen LogP contribution in [-0.2, 0) is 19.1 Å². The Kier molecular flexibility index (Phi) is 7.39. The second kappa shape index (κ2) is 8.84. The molecule has 0 aromatic carbocycles. The van der Waals surface area contributed by atoms with Crippen molar-refractivity contribution in [2.75, 3.05) is 33.4 Å². The van der Waals surface area contributed by atoms with Gasteiger partial charge in [-0.05, 0) is 25.9 Å². The van der Waals surface area contributed by atoms with E-state index >= 15 is 0 Å². The van der Waals surface area contributed by atoms with Crippen molar-refractivity contribution in [3.63, 3.8) is 0 Å². The maximum atomic E-state index is 11.4. The van der Waals surface area contributed by atoms with Crippen LogP contribution in [0.3, 0.4) is 0 Å². The number of hydrogen-bond donors (Lipinski definition) is 3. The Morgan fingerprint density at radius 3 is 2.74 bits per heavy atom. The summed E-state index contributed by atoms with van der Waals surface area (Å²) >= 11 is 0. The summed E-state index contributed by atoms with van der Waals surface area (Å²) in [7, 11) is 1.18. The van der Waals surface area contributed by atoms with Crippen molar-refractivity contribution in [1.29, 1.82) is 0 Å². The van der Waals surface area contributed by atoms with Crippen LogP contribution in [0.15, 0.2) is 0 Å². The normalized spacial score (nSPS) is 17.8. The second-order valence-electron chi connectivity index (χ2n) is 4.41. The SMILES string of the molecule is COC(=O)C(O)CNC(=O)CCOC1CCNCC1. The zero-order chi connectivity index (χ0) is 14.1. The Morgan fingerprint density at radius 2 is 2.11 bits per heavy atom. The van der Waals surface area contributed by atoms with Crippen molar-refractivity contribution in [2.24, 2.45) is 0 Å². The molecule has 0 aromatic heterocycles. The highest BCUT2D eigenvalue weighted by Crippen LogP contribution is 2.07. The monoisotopic (exact) mass is 274 g/mol. The minimum absolute atomic E-state index is 0.140. The van der Waals surface area contributed by atoms with Crippen molar-refractivity contribution < 1.29 is 24.2 Å². The van der Waals surface area contributed by atoms with Crippen molar-refractivity contribution in [3.05, 3.63) is 0 Å². The van der Waals surface area contributed by atoms with Gasteiger partial charge in [-0.2, -0.15) is 0 Å². The quantitative estimate of drug-likeness (QED) is 0.504. The molecule has 1 rings (SSSR count). The molecule has 0 aromatic rings. The fourth-order valence-corrected chi connectivity index (χ4v) is 1.80. The number of aliphatic hydroxyl groups excluding tert-OH is 1. The van der Waals surface area contributed by atoms with E-state index in [9.17, 15) is 14.7 Å². The number of rotatable bonds is 7. The highest BCUT2D eigenvalue weighted by molar-refractivity contribution is 5.78. The van der Waals surface area contributed by atoms with Crippen LogP contribution in [0, 0.1) is 0 Å². The van der Waals surface area contributed by atoms with E-state index < -0.39 is 12.1 Å². The number of esters is 1. The van der Waals surface area contributed by atoms with E-state index in [1.54, 1.807) is 0 Å². The van der Waals surface area contributed by atoms with E-state index in [-0.39, 0.29) is 25.0 Å². The molecule has 1 unspecified atom stereocenters. The van der Waals surface area contributed by atoms with Crippen molar-refractivity contribution >= 4 is 11.9 Å². The first kappa shape index (κ1) is 15.9. The lowest BCUT2D eigenvalue weighted by Crippen LogP contribution is -2.38. The van der Waals surface area contributed by atoms with Gasteiger partial charge in [0, 0.05) is 6.42 Å². The lowest BCUT2D eigenvalue weighted by Gasteiger charge is -2.22. The zero-order valence-corrected chi connectivity index (χ0v) is 11.2. The molecule has 3 N–H and O–H groups in total. The highest BCUT2D eigenvalue weighted by atomic mass is 16.5. The molecule has 19 heavy (non-hydrogen) atoms. The van der Waals surface area contributed by atoms with Gasteiger partial charge in [0.15, 0.2) is 6.10 Å². The standard InChI is InChI=1S/C12H22N2O5/c1-18-12(17)10(15)8-14-11(16)4-7-19-9-2-5-13-6-3-9/h9-10,13,15H,2-8H2,1H3,(H,14,16). The predicted octanol–water partition coefficient (Wildman–Crippen LogP) is -1.20. The molecular weight excluding hydrogens is 252 g/mol.